The lowest BCUT2D eigenvalue weighted by atomic mass is 10.1. The number of hydrogen-bond acceptors (Lipinski definition) is 4. The minimum atomic E-state index is 0.669. The Morgan fingerprint density at radius 2 is 1.64 bits per heavy atom. The van der Waals surface area contributed by atoms with Gasteiger partial charge in [0, 0.05) is 24.0 Å². The summed E-state index contributed by atoms with van der Waals surface area (Å²) in [6.07, 6.45) is 2.09. The van der Waals surface area contributed by atoms with Crippen LogP contribution in [0.15, 0.2) is 60.7 Å². The molecule has 0 unspecified atom stereocenters. The molecular formula is C21H24N4. The smallest absolute Gasteiger partial charge is 0.224 e. The highest BCUT2D eigenvalue weighted by Gasteiger charge is 2.03. The van der Waals surface area contributed by atoms with Crippen molar-refractivity contribution in [2.24, 2.45) is 0 Å². The van der Waals surface area contributed by atoms with Gasteiger partial charge in [-0.1, -0.05) is 48.0 Å². The number of benzene rings is 2. The fraction of sp³-hybridized carbons (Fsp3) is 0.238. The van der Waals surface area contributed by atoms with E-state index in [2.05, 4.69) is 76.1 Å². The van der Waals surface area contributed by atoms with E-state index < -0.39 is 0 Å². The van der Waals surface area contributed by atoms with Crippen LogP contribution >= 0.6 is 0 Å². The molecule has 0 radical (unpaired) electrons. The molecule has 0 atom stereocenters. The van der Waals surface area contributed by atoms with Gasteiger partial charge in [-0.05, 0) is 44.4 Å². The largest absolute Gasteiger partial charge is 0.354 e. The van der Waals surface area contributed by atoms with Crippen LogP contribution in [0.1, 0.15) is 23.2 Å². The second-order valence-corrected chi connectivity index (χ2v) is 6.23. The van der Waals surface area contributed by atoms with E-state index in [-0.39, 0.29) is 0 Å². The molecule has 4 nitrogen and oxygen atoms in total. The predicted molar refractivity (Wildman–Crippen MR) is 104 cm³/mol. The SMILES string of the molecule is Cc1ccc(Nc2cc(C)nc(NCCCc3ccccc3)n2)cc1. The van der Waals surface area contributed by atoms with Gasteiger partial charge < -0.3 is 10.6 Å². The lowest BCUT2D eigenvalue weighted by molar-refractivity contribution is 0.851. The van der Waals surface area contributed by atoms with Gasteiger partial charge in [-0.3, -0.25) is 0 Å². The predicted octanol–water partition coefficient (Wildman–Crippen LogP) is 4.88. The zero-order valence-electron chi connectivity index (χ0n) is 14.8. The Hall–Kier alpha value is -2.88. The van der Waals surface area contributed by atoms with Gasteiger partial charge in [0.25, 0.3) is 0 Å². The molecule has 0 amide bonds. The average Bonchev–Trinajstić information content (AvgIpc) is 2.61. The summed E-state index contributed by atoms with van der Waals surface area (Å²) < 4.78 is 0. The molecule has 3 rings (SSSR count). The highest BCUT2D eigenvalue weighted by Crippen LogP contribution is 2.17. The number of hydrogen-bond donors (Lipinski definition) is 2. The summed E-state index contributed by atoms with van der Waals surface area (Å²) in [5, 5.41) is 6.67. The van der Waals surface area contributed by atoms with E-state index >= 15 is 0 Å². The van der Waals surface area contributed by atoms with Gasteiger partial charge in [0.05, 0.1) is 0 Å². The molecular weight excluding hydrogens is 308 g/mol. The van der Waals surface area contributed by atoms with Crippen LogP contribution in [-0.4, -0.2) is 16.5 Å². The van der Waals surface area contributed by atoms with Gasteiger partial charge in [0.1, 0.15) is 5.82 Å². The van der Waals surface area contributed by atoms with Crippen LogP contribution in [0.4, 0.5) is 17.5 Å². The van der Waals surface area contributed by atoms with Gasteiger partial charge >= 0.3 is 0 Å². The average molecular weight is 332 g/mol. The standard InChI is InChI=1S/C21H24N4/c1-16-10-12-19(13-11-16)24-20-15-17(2)23-21(25-20)22-14-6-9-18-7-4-3-5-8-18/h3-5,7-8,10-13,15H,6,9,14H2,1-2H3,(H2,22,23,24,25). The summed E-state index contributed by atoms with van der Waals surface area (Å²) in [5.74, 6) is 1.48. The van der Waals surface area contributed by atoms with Crippen LogP contribution in [0, 0.1) is 13.8 Å². The Morgan fingerprint density at radius 1 is 0.880 bits per heavy atom. The first-order chi connectivity index (χ1) is 12.2. The second kappa shape index (κ2) is 8.29. The number of nitrogens with one attached hydrogen (secondary N) is 2. The molecule has 128 valence electrons. The topological polar surface area (TPSA) is 49.8 Å². The fourth-order valence-corrected chi connectivity index (χ4v) is 2.63. The van der Waals surface area contributed by atoms with E-state index in [1.54, 1.807) is 0 Å². The summed E-state index contributed by atoms with van der Waals surface area (Å²) >= 11 is 0. The van der Waals surface area contributed by atoms with Crippen LogP contribution in [-0.2, 0) is 6.42 Å². The lowest BCUT2D eigenvalue weighted by Gasteiger charge is -2.10. The van der Waals surface area contributed by atoms with Gasteiger partial charge in [-0.15, -0.1) is 0 Å². The molecule has 2 aromatic carbocycles. The molecule has 3 aromatic rings. The number of rotatable bonds is 7. The van der Waals surface area contributed by atoms with E-state index in [0.717, 1.165) is 36.6 Å². The van der Waals surface area contributed by atoms with Gasteiger partial charge in [0.2, 0.25) is 5.95 Å². The molecule has 0 saturated heterocycles. The zero-order chi connectivity index (χ0) is 17.5. The maximum Gasteiger partial charge on any atom is 0.224 e. The third-order valence-corrected chi connectivity index (χ3v) is 3.95. The molecule has 1 aromatic heterocycles. The van der Waals surface area contributed by atoms with Gasteiger partial charge in [0.15, 0.2) is 0 Å². The molecule has 25 heavy (non-hydrogen) atoms. The van der Waals surface area contributed by atoms with Crippen LogP contribution in [0.25, 0.3) is 0 Å². The van der Waals surface area contributed by atoms with Gasteiger partial charge in [-0.25, -0.2) is 4.98 Å². The molecule has 2 N–H and O–H groups in total. The summed E-state index contributed by atoms with van der Waals surface area (Å²) in [4.78, 5) is 9.03. The maximum absolute atomic E-state index is 4.56. The molecule has 0 aliphatic rings. The van der Waals surface area contributed by atoms with E-state index in [0.29, 0.717) is 5.95 Å². The third-order valence-electron chi connectivity index (χ3n) is 3.95. The first-order valence-corrected chi connectivity index (χ1v) is 8.66. The maximum atomic E-state index is 4.56. The van der Waals surface area contributed by atoms with E-state index in [9.17, 15) is 0 Å². The van der Waals surface area contributed by atoms with Crippen molar-refractivity contribution in [1.82, 2.24) is 9.97 Å². The summed E-state index contributed by atoms with van der Waals surface area (Å²) in [6.45, 7) is 4.91. The van der Waals surface area contributed by atoms with E-state index in [1.165, 1.54) is 11.1 Å². The lowest BCUT2D eigenvalue weighted by Crippen LogP contribution is -2.08. The molecule has 0 saturated carbocycles. The molecule has 0 bridgehead atoms. The Labute approximate surface area is 149 Å². The second-order valence-electron chi connectivity index (χ2n) is 6.23. The van der Waals surface area contributed by atoms with Crippen molar-refractivity contribution in [3.05, 3.63) is 77.5 Å². The quantitative estimate of drug-likeness (QED) is 0.605. The minimum Gasteiger partial charge on any atom is -0.354 e. The fourth-order valence-electron chi connectivity index (χ4n) is 2.63. The Balaban J connectivity index is 1.56. The minimum absolute atomic E-state index is 0.669. The van der Waals surface area contributed by atoms with Crippen molar-refractivity contribution in [3.8, 4) is 0 Å². The van der Waals surface area contributed by atoms with Crippen LogP contribution < -0.4 is 10.6 Å². The van der Waals surface area contributed by atoms with Crippen molar-refractivity contribution >= 4 is 17.5 Å². The number of anilines is 3. The Morgan fingerprint density at radius 3 is 2.40 bits per heavy atom. The molecule has 4 heteroatoms. The van der Waals surface area contributed by atoms with Gasteiger partial charge in [-0.2, -0.15) is 4.98 Å². The monoisotopic (exact) mass is 332 g/mol. The molecule has 0 fully saturated rings. The van der Waals surface area contributed by atoms with Crippen LogP contribution in [0.3, 0.4) is 0 Å². The summed E-state index contributed by atoms with van der Waals surface area (Å²) in [6, 6.07) is 20.8. The highest BCUT2D eigenvalue weighted by atomic mass is 15.1. The van der Waals surface area contributed by atoms with Crippen molar-refractivity contribution in [3.63, 3.8) is 0 Å². The molecule has 1 heterocycles. The number of aromatic nitrogens is 2. The highest BCUT2D eigenvalue weighted by molar-refractivity contribution is 5.57. The first kappa shape index (κ1) is 17.0. The van der Waals surface area contributed by atoms with E-state index in [4.69, 9.17) is 0 Å². The van der Waals surface area contributed by atoms with Crippen LogP contribution in [0.5, 0.6) is 0 Å². The molecule has 0 spiro atoms. The summed E-state index contributed by atoms with van der Waals surface area (Å²) in [7, 11) is 0. The zero-order valence-corrected chi connectivity index (χ0v) is 14.8. The Kier molecular flexibility index (Phi) is 5.62. The Bertz CT molecular complexity index is 798. The van der Waals surface area contributed by atoms with Crippen molar-refractivity contribution < 1.29 is 0 Å². The summed E-state index contributed by atoms with van der Waals surface area (Å²) in [5.41, 5.74) is 4.57. The normalized spacial score (nSPS) is 10.5. The first-order valence-electron chi connectivity index (χ1n) is 8.66. The number of nitrogens with zero attached hydrogens (tertiary/aromatic N) is 2. The van der Waals surface area contributed by atoms with E-state index in [1.807, 2.05) is 19.1 Å². The number of aryl methyl sites for hydroxylation is 3. The van der Waals surface area contributed by atoms with Crippen molar-refractivity contribution in [1.29, 1.82) is 0 Å². The van der Waals surface area contributed by atoms with Crippen LogP contribution in [0.2, 0.25) is 0 Å². The molecule has 0 aliphatic heterocycles. The third kappa shape index (κ3) is 5.31. The van der Waals surface area contributed by atoms with Crippen molar-refractivity contribution in [2.45, 2.75) is 26.7 Å². The van der Waals surface area contributed by atoms with Crippen molar-refractivity contribution in [2.75, 3.05) is 17.2 Å². The molecule has 0 aliphatic carbocycles.